The third kappa shape index (κ3) is 4.26. The number of allylic oxidation sites excluding steroid dienone is 2. The SMILES string of the molecule is CC1(C(=O)O)C=CC=C(C(=O)O)C1.Cl.NC12CC3CC(CC(C3)C1)C2. The molecule has 5 aliphatic carbocycles. The molecule has 4 N–H and O–H groups in total. The van der Waals surface area contributed by atoms with E-state index in [1.165, 1.54) is 63.7 Å². The number of nitrogens with two attached hydrogens (primary N) is 1. The van der Waals surface area contributed by atoms with E-state index in [2.05, 4.69) is 0 Å². The monoisotopic (exact) mass is 369 g/mol. The second-order valence-electron chi connectivity index (χ2n) is 8.54. The molecule has 0 spiro atoms. The number of hydrogen-bond acceptors (Lipinski definition) is 3. The molecule has 0 aromatic heterocycles. The van der Waals surface area contributed by atoms with Gasteiger partial charge in [0.25, 0.3) is 0 Å². The van der Waals surface area contributed by atoms with Crippen LogP contribution in [0.25, 0.3) is 0 Å². The molecule has 6 heteroatoms. The van der Waals surface area contributed by atoms with Gasteiger partial charge < -0.3 is 15.9 Å². The largest absolute Gasteiger partial charge is 0.481 e. The molecule has 4 fully saturated rings. The summed E-state index contributed by atoms with van der Waals surface area (Å²) in [5.74, 6) is 0.996. The predicted molar refractivity (Wildman–Crippen MR) is 97.6 cm³/mol. The molecule has 25 heavy (non-hydrogen) atoms. The van der Waals surface area contributed by atoms with Gasteiger partial charge in [-0.2, -0.15) is 0 Å². The van der Waals surface area contributed by atoms with Crippen molar-refractivity contribution in [2.45, 2.75) is 57.4 Å². The second-order valence-corrected chi connectivity index (χ2v) is 8.54. The van der Waals surface area contributed by atoms with Gasteiger partial charge in [-0.3, -0.25) is 4.79 Å². The first-order valence-electron chi connectivity index (χ1n) is 8.83. The Hall–Kier alpha value is -1.33. The Balaban J connectivity index is 0.000000174. The summed E-state index contributed by atoms with van der Waals surface area (Å²) in [6.07, 6.45) is 13.0. The van der Waals surface area contributed by atoms with Crippen LogP contribution in [-0.4, -0.2) is 27.7 Å². The first-order chi connectivity index (χ1) is 11.2. The van der Waals surface area contributed by atoms with Gasteiger partial charge >= 0.3 is 11.9 Å². The molecule has 0 heterocycles. The van der Waals surface area contributed by atoms with Gasteiger partial charge in [-0.25, -0.2) is 4.79 Å². The maximum Gasteiger partial charge on any atom is 0.331 e. The van der Waals surface area contributed by atoms with Crippen LogP contribution >= 0.6 is 12.4 Å². The van der Waals surface area contributed by atoms with Crippen LogP contribution in [0, 0.1) is 23.2 Å². The summed E-state index contributed by atoms with van der Waals surface area (Å²) in [6.45, 7) is 1.50. The second kappa shape index (κ2) is 7.12. The molecule has 0 radical (unpaired) electrons. The van der Waals surface area contributed by atoms with Gasteiger partial charge in [0.05, 0.1) is 5.41 Å². The lowest BCUT2D eigenvalue weighted by Gasteiger charge is -2.55. The molecule has 5 aliphatic rings. The highest BCUT2D eigenvalue weighted by Gasteiger charge is 2.48. The van der Waals surface area contributed by atoms with E-state index >= 15 is 0 Å². The highest BCUT2D eigenvalue weighted by Crippen LogP contribution is 2.54. The summed E-state index contributed by atoms with van der Waals surface area (Å²) in [4.78, 5) is 21.3. The van der Waals surface area contributed by atoms with Crippen LogP contribution in [0.5, 0.6) is 0 Å². The topological polar surface area (TPSA) is 101 Å². The van der Waals surface area contributed by atoms with E-state index in [1.807, 2.05) is 0 Å². The van der Waals surface area contributed by atoms with Crippen LogP contribution < -0.4 is 5.73 Å². The third-order valence-corrected chi connectivity index (χ3v) is 6.17. The summed E-state index contributed by atoms with van der Waals surface area (Å²) in [5.41, 5.74) is 5.67. The van der Waals surface area contributed by atoms with Crippen molar-refractivity contribution >= 4 is 24.3 Å². The molecule has 4 saturated carbocycles. The van der Waals surface area contributed by atoms with E-state index < -0.39 is 17.4 Å². The third-order valence-electron chi connectivity index (χ3n) is 6.17. The number of halogens is 1. The molecular weight excluding hydrogens is 342 g/mol. The number of carboxylic acid groups (broad SMARTS) is 2. The van der Waals surface area contributed by atoms with Crippen molar-refractivity contribution in [2.24, 2.45) is 28.9 Å². The lowest BCUT2D eigenvalue weighted by atomic mass is 9.53. The Morgan fingerprint density at radius 2 is 1.56 bits per heavy atom. The zero-order valence-electron chi connectivity index (χ0n) is 14.6. The van der Waals surface area contributed by atoms with Crippen molar-refractivity contribution in [3.63, 3.8) is 0 Å². The summed E-state index contributed by atoms with van der Waals surface area (Å²) >= 11 is 0. The van der Waals surface area contributed by atoms with Gasteiger partial charge in [0.2, 0.25) is 0 Å². The van der Waals surface area contributed by atoms with Crippen molar-refractivity contribution in [2.75, 3.05) is 0 Å². The molecular formula is C19H28ClNO4. The standard InChI is InChI=1S/C10H17N.C9H10O4.ClH/c11-10-4-7-1-8(5-10)3-9(2-7)6-10;1-9(8(12)13)4-2-3-6(5-9)7(10)11;/h7-9H,1-6,11H2;2-4H,5H2,1H3,(H,10,11)(H,12,13);1H. The van der Waals surface area contributed by atoms with Crippen molar-refractivity contribution in [3.8, 4) is 0 Å². The van der Waals surface area contributed by atoms with E-state index in [0.717, 1.165) is 17.8 Å². The molecule has 4 bridgehead atoms. The fourth-order valence-electron chi connectivity index (χ4n) is 5.36. The molecule has 5 rings (SSSR count). The van der Waals surface area contributed by atoms with Crippen molar-refractivity contribution < 1.29 is 19.8 Å². The van der Waals surface area contributed by atoms with Crippen LogP contribution in [0.4, 0.5) is 0 Å². The molecule has 0 aromatic carbocycles. The summed E-state index contributed by atoms with van der Waals surface area (Å²) < 4.78 is 0. The van der Waals surface area contributed by atoms with Crippen LogP contribution in [0.1, 0.15) is 51.9 Å². The van der Waals surface area contributed by atoms with E-state index in [1.54, 1.807) is 0 Å². The van der Waals surface area contributed by atoms with Crippen LogP contribution in [-0.2, 0) is 9.59 Å². The van der Waals surface area contributed by atoms with E-state index in [0.29, 0.717) is 5.54 Å². The molecule has 140 valence electrons. The summed E-state index contributed by atoms with van der Waals surface area (Å²) in [7, 11) is 0. The van der Waals surface area contributed by atoms with Gasteiger partial charge in [-0.15, -0.1) is 12.4 Å². The van der Waals surface area contributed by atoms with E-state index in [9.17, 15) is 9.59 Å². The number of carbonyl (C=O) groups is 2. The smallest absolute Gasteiger partial charge is 0.331 e. The molecule has 5 nitrogen and oxygen atoms in total. The van der Waals surface area contributed by atoms with Gasteiger partial charge in [0.15, 0.2) is 0 Å². The average molecular weight is 370 g/mol. The van der Waals surface area contributed by atoms with Gasteiger partial charge in [-0.1, -0.05) is 18.2 Å². The van der Waals surface area contributed by atoms with Crippen LogP contribution in [0.15, 0.2) is 23.8 Å². The number of rotatable bonds is 2. The van der Waals surface area contributed by atoms with Crippen LogP contribution in [0.2, 0.25) is 0 Å². The predicted octanol–water partition coefficient (Wildman–Crippen LogP) is 3.38. The lowest BCUT2D eigenvalue weighted by Crippen LogP contribution is -2.55. The Morgan fingerprint density at radius 3 is 1.92 bits per heavy atom. The van der Waals surface area contributed by atoms with E-state index in [4.69, 9.17) is 15.9 Å². The Morgan fingerprint density at radius 1 is 1.08 bits per heavy atom. The van der Waals surface area contributed by atoms with Gasteiger partial charge in [0.1, 0.15) is 0 Å². The number of hydrogen-bond donors (Lipinski definition) is 3. The molecule has 1 unspecified atom stereocenters. The minimum absolute atomic E-state index is 0. The minimum atomic E-state index is -1.08. The van der Waals surface area contributed by atoms with E-state index in [-0.39, 0.29) is 24.4 Å². The quantitative estimate of drug-likeness (QED) is 0.692. The maximum atomic E-state index is 10.8. The molecule has 1 atom stereocenters. The van der Waals surface area contributed by atoms with Gasteiger partial charge in [-0.05, 0) is 69.6 Å². The van der Waals surface area contributed by atoms with Crippen molar-refractivity contribution in [1.29, 1.82) is 0 Å². The first kappa shape index (κ1) is 20.0. The lowest BCUT2D eigenvalue weighted by molar-refractivity contribution is -0.145. The van der Waals surface area contributed by atoms with Gasteiger partial charge in [0, 0.05) is 11.1 Å². The molecule has 0 aliphatic heterocycles. The Bertz CT molecular complexity index is 577. The average Bonchev–Trinajstić information content (AvgIpc) is 2.45. The fraction of sp³-hybridized carbons (Fsp3) is 0.684. The zero-order chi connectivity index (χ0) is 17.5. The fourth-order valence-corrected chi connectivity index (χ4v) is 5.36. The zero-order valence-corrected chi connectivity index (χ0v) is 15.4. The number of aliphatic carboxylic acids is 2. The first-order valence-corrected chi connectivity index (χ1v) is 8.83. The minimum Gasteiger partial charge on any atom is -0.481 e. The Kier molecular flexibility index (Phi) is 5.69. The van der Waals surface area contributed by atoms with Crippen molar-refractivity contribution in [3.05, 3.63) is 23.8 Å². The summed E-state index contributed by atoms with van der Waals surface area (Å²) in [5, 5.41) is 17.5. The van der Waals surface area contributed by atoms with Crippen LogP contribution in [0.3, 0.4) is 0 Å². The Labute approximate surface area is 154 Å². The maximum absolute atomic E-state index is 10.8. The van der Waals surface area contributed by atoms with Crippen molar-refractivity contribution in [1.82, 2.24) is 0 Å². The normalized spacial score (nSPS) is 40.4. The molecule has 0 amide bonds. The molecule has 0 aromatic rings. The highest BCUT2D eigenvalue weighted by molar-refractivity contribution is 5.90. The number of carboxylic acids is 2. The highest BCUT2D eigenvalue weighted by atomic mass is 35.5. The molecule has 0 saturated heterocycles. The summed E-state index contributed by atoms with van der Waals surface area (Å²) in [6, 6.07) is 0.